The fourth-order valence-electron chi connectivity index (χ4n) is 2.30. The average molecular weight is 413 g/mol. The molecular formula is C18H25ClN4O3S. The SMILES string of the molecule is Cc1cc(NC(=O)CSCC(=O)N(CCCN)Cc2ccccc2)no1.Cl. The fourth-order valence-corrected chi connectivity index (χ4v) is 3.02. The second kappa shape index (κ2) is 12.4. The van der Waals surface area contributed by atoms with Crippen LogP contribution in [0.5, 0.6) is 0 Å². The highest BCUT2D eigenvalue weighted by atomic mass is 35.5. The van der Waals surface area contributed by atoms with Gasteiger partial charge in [-0.1, -0.05) is 35.5 Å². The summed E-state index contributed by atoms with van der Waals surface area (Å²) in [5, 5.41) is 6.34. The van der Waals surface area contributed by atoms with Gasteiger partial charge in [0.1, 0.15) is 5.76 Å². The van der Waals surface area contributed by atoms with E-state index in [2.05, 4.69) is 10.5 Å². The molecule has 0 unspecified atom stereocenters. The van der Waals surface area contributed by atoms with Crippen LogP contribution in [0.1, 0.15) is 17.7 Å². The summed E-state index contributed by atoms with van der Waals surface area (Å²) in [5.41, 5.74) is 6.65. The van der Waals surface area contributed by atoms with Crippen molar-refractivity contribution < 1.29 is 14.1 Å². The van der Waals surface area contributed by atoms with E-state index in [-0.39, 0.29) is 35.7 Å². The summed E-state index contributed by atoms with van der Waals surface area (Å²) in [7, 11) is 0. The number of thioether (sulfide) groups is 1. The molecule has 7 nitrogen and oxygen atoms in total. The molecule has 0 atom stereocenters. The second-order valence-corrected chi connectivity index (χ2v) is 6.79. The van der Waals surface area contributed by atoms with Gasteiger partial charge in [-0.05, 0) is 25.5 Å². The minimum absolute atomic E-state index is 0. The van der Waals surface area contributed by atoms with Gasteiger partial charge in [-0.15, -0.1) is 24.2 Å². The van der Waals surface area contributed by atoms with Crippen molar-refractivity contribution in [3.05, 3.63) is 47.7 Å². The van der Waals surface area contributed by atoms with Crippen LogP contribution in [0.2, 0.25) is 0 Å². The van der Waals surface area contributed by atoms with E-state index in [1.165, 1.54) is 11.8 Å². The van der Waals surface area contributed by atoms with Crippen molar-refractivity contribution in [2.75, 3.05) is 29.9 Å². The Morgan fingerprint density at radius 1 is 1.26 bits per heavy atom. The molecule has 1 aromatic heterocycles. The van der Waals surface area contributed by atoms with Crippen molar-refractivity contribution in [1.29, 1.82) is 0 Å². The molecule has 2 rings (SSSR count). The third-order valence-corrected chi connectivity index (χ3v) is 4.47. The highest BCUT2D eigenvalue weighted by molar-refractivity contribution is 8.00. The van der Waals surface area contributed by atoms with Gasteiger partial charge in [0.2, 0.25) is 11.8 Å². The standard InChI is InChI=1S/C18H24N4O3S.ClH/c1-14-10-16(21-25-14)20-17(23)12-26-13-18(24)22(9-5-8-19)11-15-6-3-2-4-7-15;/h2-4,6-7,10H,5,8-9,11-13,19H2,1H3,(H,20,21,23);1H. The molecule has 1 aromatic carbocycles. The number of anilines is 1. The number of nitrogens with two attached hydrogens (primary N) is 1. The van der Waals surface area contributed by atoms with Gasteiger partial charge >= 0.3 is 0 Å². The number of hydrogen-bond acceptors (Lipinski definition) is 6. The van der Waals surface area contributed by atoms with Crippen LogP contribution in [-0.2, 0) is 16.1 Å². The first kappa shape index (κ1) is 23.0. The molecule has 9 heteroatoms. The molecule has 0 aliphatic heterocycles. The quantitative estimate of drug-likeness (QED) is 0.621. The molecule has 148 valence electrons. The van der Waals surface area contributed by atoms with Crippen LogP contribution < -0.4 is 11.1 Å². The topological polar surface area (TPSA) is 101 Å². The molecule has 2 aromatic rings. The predicted octanol–water partition coefficient (Wildman–Crippen LogP) is 2.45. The summed E-state index contributed by atoms with van der Waals surface area (Å²) in [6, 6.07) is 11.5. The summed E-state index contributed by atoms with van der Waals surface area (Å²) in [4.78, 5) is 26.2. The van der Waals surface area contributed by atoms with Crippen molar-refractivity contribution in [2.45, 2.75) is 19.9 Å². The number of rotatable bonds is 10. The molecule has 2 amide bonds. The van der Waals surface area contributed by atoms with Crippen LogP contribution in [-0.4, -0.2) is 46.5 Å². The van der Waals surface area contributed by atoms with Crippen LogP contribution in [0.15, 0.2) is 40.9 Å². The molecule has 3 N–H and O–H groups in total. The van der Waals surface area contributed by atoms with E-state index in [0.29, 0.717) is 31.2 Å². The molecule has 0 spiro atoms. The molecule has 0 bridgehead atoms. The zero-order valence-corrected chi connectivity index (χ0v) is 16.9. The van der Waals surface area contributed by atoms with E-state index in [4.69, 9.17) is 10.3 Å². The Bertz CT molecular complexity index is 712. The number of amides is 2. The lowest BCUT2D eigenvalue weighted by Crippen LogP contribution is -2.34. The number of nitrogens with one attached hydrogen (secondary N) is 1. The second-order valence-electron chi connectivity index (χ2n) is 5.81. The van der Waals surface area contributed by atoms with E-state index in [1.54, 1.807) is 17.9 Å². The fraction of sp³-hybridized carbons (Fsp3) is 0.389. The van der Waals surface area contributed by atoms with E-state index in [0.717, 1.165) is 12.0 Å². The smallest absolute Gasteiger partial charge is 0.235 e. The Labute approximate surface area is 169 Å². The highest BCUT2D eigenvalue weighted by Gasteiger charge is 2.15. The third kappa shape index (κ3) is 8.47. The normalized spacial score (nSPS) is 10.1. The van der Waals surface area contributed by atoms with Crippen molar-refractivity contribution >= 4 is 41.8 Å². The molecule has 0 fully saturated rings. The minimum atomic E-state index is -0.215. The summed E-state index contributed by atoms with van der Waals surface area (Å²) >= 11 is 1.27. The Morgan fingerprint density at radius 3 is 2.63 bits per heavy atom. The van der Waals surface area contributed by atoms with Gasteiger partial charge in [0, 0.05) is 19.2 Å². The van der Waals surface area contributed by atoms with Crippen LogP contribution in [0.25, 0.3) is 0 Å². The Morgan fingerprint density at radius 2 is 2.00 bits per heavy atom. The number of nitrogens with zero attached hydrogens (tertiary/aromatic N) is 2. The third-order valence-electron chi connectivity index (χ3n) is 3.56. The van der Waals surface area contributed by atoms with Gasteiger partial charge in [0.05, 0.1) is 11.5 Å². The maximum absolute atomic E-state index is 12.5. The molecule has 0 saturated heterocycles. The summed E-state index contributed by atoms with van der Waals surface area (Å²) in [5.74, 6) is 1.20. The predicted molar refractivity (Wildman–Crippen MR) is 110 cm³/mol. The van der Waals surface area contributed by atoms with E-state index in [1.807, 2.05) is 30.3 Å². The van der Waals surface area contributed by atoms with Crippen LogP contribution in [0.3, 0.4) is 0 Å². The summed E-state index contributed by atoms with van der Waals surface area (Å²) in [6.07, 6.45) is 0.745. The van der Waals surface area contributed by atoms with Gasteiger partial charge < -0.3 is 20.5 Å². The first-order valence-corrected chi connectivity index (χ1v) is 9.56. The zero-order valence-electron chi connectivity index (χ0n) is 15.2. The molecule has 0 aliphatic carbocycles. The van der Waals surface area contributed by atoms with Crippen molar-refractivity contribution in [3.8, 4) is 0 Å². The summed E-state index contributed by atoms with van der Waals surface area (Å²) in [6.45, 7) is 3.43. The van der Waals surface area contributed by atoms with Crippen molar-refractivity contribution in [3.63, 3.8) is 0 Å². The van der Waals surface area contributed by atoms with Gasteiger partial charge in [-0.25, -0.2) is 0 Å². The number of aryl methyl sites for hydroxylation is 1. The van der Waals surface area contributed by atoms with Crippen molar-refractivity contribution in [1.82, 2.24) is 10.1 Å². The monoisotopic (exact) mass is 412 g/mol. The molecular weight excluding hydrogens is 388 g/mol. The largest absolute Gasteiger partial charge is 0.360 e. The highest BCUT2D eigenvalue weighted by Crippen LogP contribution is 2.11. The van der Waals surface area contributed by atoms with E-state index < -0.39 is 0 Å². The molecule has 1 heterocycles. The van der Waals surface area contributed by atoms with Crippen LogP contribution in [0, 0.1) is 6.92 Å². The average Bonchev–Trinajstić information content (AvgIpc) is 3.04. The number of carbonyl (C=O) groups excluding carboxylic acids is 2. The number of hydrogen-bond donors (Lipinski definition) is 2. The maximum atomic E-state index is 12.5. The number of benzene rings is 1. The van der Waals surface area contributed by atoms with Gasteiger partial charge in [-0.3, -0.25) is 9.59 Å². The first-order chi connectivity index (χ1) is 12.6. The lowest BCUT2D eigenvalue weighted by Gasteiger charge is -2.22. The van der Waals surface area contributed by atoms with Crippen LogP contribution >= 0.6 is 24.2 Å². The van der Waals surface area contributed by atoms with E-state index >= 15 is 0 Å². The van der Waals surface area contributed by atoms with Crippen LogP contribution in [0.4, 0.5) is 5.82 Å². The van der Waals surface area contributed by atoms with Crippen molar-refractivity contribution in [2.24, 2.45) is 5.73 Å². The molecule has 0 saturated carbocycles. The van der Waals surface area contributed by atoms with Gasteiger partial charge in [-0.2, -0.15) is 0 Å². The van der Waals surface area contributed by atoms with E-state index in [9.17, 15) is 9.59 Å². The lowest BCUT2D eigenvalue weighted by molar-refractivity contribution is -0.129. The Hall–Kier alpha value is -2.03. The number of carbonyl (C=O) groups is 2. The van der Waals surface area contributed by atoms with Gasteiger partial charge in [0.25, 0.3) is 0 Å². The maximum Gasteiger partial charge on any atom is 0.235 e. The number of aromatic nitrogens is 1. The number of halogens is 1. The molecule has 27 heavy (non-hydrogen) atoms. The lowest BCUT2D eigenvalue weighted by atomic mass is 10.2. The summed E-state index contributed by atoms with van der Waals surface area (Å²) < 4.78 is 4.89. The minimum Gasteiger partial charge on any atom is -0.360 e. The first-order valence-electron chi connectivity index (χ1n) is 8.41. The Kier molecular flexibility index (Phi) is 10.5. The Balaban J connectivity index is 0.00000364. The van der Waals surface area contributed by atoms with Gasteiger partial charge in [0.15, 0.2) is 5.82 Å². The molecule has 0 aliphatic rings. The zero-order chi connectivity index (χ0) is 18.8. The molecule has 0 radical (unpaired) electrons.